The molecule has 0 radical (unpaired) electrons. The molecule has 0 spiro atoms. The van der Waals surface area contributed by atoms with E-state index in [0.29, 0.717) is 11.8 Å². The highest BCUT2D eigenvalue weighted by Crippen LogP contribution is 2.18. The van der Waals surface area contributed by atoms with E-state index < -0.39 is 0 Å². The van der Waals surface area contributed by atoms with E-state index in [-0.39, 0.29) is 18.3 Å². The standard InChI is InChI=1S/C15H21ClN2OS.ClH/c1-17-14-5-7-18(8-6-14)15(19)11-20-10-12-3-2-4-13(16)9-12;/h2-4,9,14,17H,5-8,10-11H2,1H3;1H. The molecule has 21 heavy (non-hydrogen) atoms. The molecule has 6 heteroatoms. The largest absolute Gasteiger partial charge is 0.342 e. The summed E-state index contributed by atoms with van der Waals surface area (Å²) in [7, 11) is 1.99. The average molecular weight is 349 g/mol. The first-order chi connectivity index (χ1) is 9.69. The van der Waals surface area contributed by atoms with Crippen LogP contribution < -0.4 is 5.32 Å². The molecule has 1 aliphatic heterocycles. The molecular formula is C15H22Cl2N2OS. The first kappa shape index (κ1) is 18.6. The number of carbonyl (C=O) groups excluding carboxylic acids is 1. The monoisotopic (exact) mass is 348 g/mol. The van der Waals surface area contributed by atoms with Crippen LogP contribution in [-0.2, 0) is 10.5 Å². The van der Waals surface area contributed by atoms with Crippen molar-refractivity contribution in [2.75, 3.05) is 25.9 Å². The van der Waals surface area contributed by atoms with E-state index in [1.54, 1.807) is 11.8 Å². The van der Waals surface area contributed by atoms with Crippen LogP contribution in [0.15, 0.2) is 24.3 Å². The van der Waals surface area contributed by atoms with Crippen molar-refractivity contribution in [2.45, 2.75) is 24.6 Å². The van der Waals surface area contributed by atoms with E-state index in [1.807, 2.05) is 36.2 Å². The molecule has 0 unspecified atom stereocenters. The van der Waals surface area contributed by atoms with Crippen molar-refractivity contribution in [2.24, 2.45) is 0 Å². The Kier molecular flexibility index (Phi) is 8.49. The van der Waals surface area contributed by atoms with Gasteiger partial charge in [-0.3, -0.25) is 4.79 Å². The van der Waals surface area contributed by atoms with Gasteiger partial charge in [-0.2, -0.15) is 0 Å². The number of likely N-dealkylation sites (tertiary alicyclic amines) is 1. The molecule has 0 atom stereocenters. The summed E-state index contributed by atoms with van der Waals surface area (Å²) in [6.45, 7) is 1.75. The summed E-state index contributed by atoms with van der Waals surface area (Å²) in [5, 5.41) is 4.03. The quantitative estimate of drug-likeness (QED) is 0.886. The van der Waals surface area contributed by atoms with Crippen LogP contribution >= 0.6 is 35.8 Å². The van der Waals surface area contributed by atoms with Crippen molar-refractivity contribution in [3.05, 3.63) is 34.9 Å². The van der Waals surface area contributed by atoms with Crippen molar-refractivity contribution < 1.29 is 4.79 Å². The van der Waals surface area contributed by atoms with Crippen LogP contribution in [0.2, 0.25) is 5.02 Å². The highest BCUT2D eigenvalue weighted by Gasteiger charge is 2.21. The lowest BCUT2D eigenvalue weighted by atomic mass is 10.1. The van der Waals surface area contributed by atoms with Gasteiger partial charge in [0.25, 0.3) is 0 Å². The summed E-state index contributed by atoms with van der Waals surface area (Å²) in [5.41, 5.74) is 1.17. The number of halogens is 2. The Balaban J connectivity index is 0.00000220. The van der Waals surface area contributed by atoms with Gasteiger partial charge < -0.3 is 10.2 Å². The lowest BCUT2D eigenvalue weighted by Gasteiger charge is -2.31. The number of benzene rings is 1. The third-order valence-corrected chi connectivity index (χ3v) is 4.86. The number of thioether (sulfide) groups is 1. The molecule has 1 aromatic rings. The van der Waals surface area contributed by atoms with Gasteiger partial charge in [0.2, 0.25) is 5.91 Å². The Bertz CT molecular complexity index is 451. The van der Waals surface area contributed by atoms with Gasteiger partial charge in [0.1, 0.15) is 0 Å². The van der Waals surface area contributed by atoms with E-state index in [4.69, 9.17) is 11.6 Å². The second-order valence-corrected chi connectivity index (χ2v) is 6.49. The molecule has 1 saturated heterocycles. The topological polar surface area (TPSA) is 32.3 Å². The molecule has 1 fully saturated rings. The summed E-state index contributed by atoms with van der Waals surface area (Å²) in [6.07, 6.45) is 2.11. The first-order valence-corrected chi connectivity index (χ1v) is 8.49. The zero-order valence-corrected chi connectivity index (χ0v) is 14.6. The molecule has 1 aliphatic rings. The number of nitrogens with zero attached hydrogens (tertiary/aromatic N) is 1. The number of rotatable bonds is 5. The van der Waals surface area contributed by atoms with Crippen molar-refractivity contribution in [3.63, 3.8) is 0 Å². The van der Waals surface area contributed by atoms with E-state index in [9.17, 15) is 4.79 Å². The van der Waals surface area contributed by atoms with Crippen molar-refractivity contribution in [3.8, 4) is 0 Å². The van der Waals surface area contributed by atoms with Gasteiger partial charge in [0, 0.05) is 29.9 Å². The molecule has 1 amide bonds. The predicted molar refractivity (Wildman–Crippen MR) is 93.5 cm³/mol. The number of amides is 1. The van der Waals surface area contributed by atoms with Gasteiger partial charge in [-0.15, -0.1) is 24.2 Å². The fourth-order valence-electron chi connectivity index (χ4n) is 2.39. The zero-order chi connectivity index (χ0) is 14.4. The third kappa shape index (κ3) is 6.07. The van der Waals surface area contributed by atoms with E-state index in [2.05, 4.69) is 5.32 Å². The average Bonchev–Trinajstić information content (AvgIpc) is 2.47. The number of hydrogen-bond acceptors (Lipinski definition) is 3. The van der Waals surface area contributed by atoms with Gasteiger partial charge in [-0.05, 0) is 37.6 Å². The van der Waals surface area contributed by atoms with Crippen LogP contribution in [0, 0.1) is 0 Å². The molecule has 2 rings (SSSR count). The molecule has 0 saturated carbocycles. The predicted octanol–water partition coefficient (Wildman–Crippen LogP) is 3.21. The molecule has 1 heterocycles. The maximum absolute atomic E-state index is 12.1. The molecule has 3 nitrogen and oxygen atoms in total. The molecular weight excluding hydrogens is 327 g/mol. The summed E-state index contributed by atoms with van der Waals surface area (Å²) in [5.74, 6) is 1.64. The van der Waals surface area contributed by atoms with Crippen LogP contribution in [-0.4, -0.2) is 42.7 Å². The van der Waals surface area contributed by atoms with E-state index in [1.165, 1.54) is 5.56 Å². The number of piperidine rings is 1. The summed E-state index contributed by atoms with van der Waals surface area (Å²) < 4.78 is 0. The minimum absolute atomic E-state index is 0. The smallest absolute Gasteiger partial charge is 0.232 e. The van der Waals surface area contributed by atoms with Gasteiger partial charge in [0.05, 0.1) is 5.75 Å². The van der Waals surface area contributed by atoms with Crippen LogP contribution in [0.3, 0.4) is 0 Å². The highest BCUT2D eigenvalue weighted by atomic mass is 35.5. The number of carbonyl (C=O) groups is 1. The van der Waals surface area contributed by atoms with Crippen LogP contribution in [0.5, 0.6) is 0 Å². The minimum atomic E-state index is 0. The molecule has 1 aromatic carbocycles. The Morgan fingerprint density at radius 2 is 2.14 bits per heavy atom. The second-order valence-electron chi connectivity index (χ2n) is 5.07. The van der Waals surface area contributed by atoms with E-state index in [0.717, 1.165) is 36.7 Å². The summed E-state index contributed by atoms with van der Waals surface area (Å²) in [4.78, 5) is 14.1. The van der Waals surface area contributed by atoms with E-state index >= 15 is 0 Å². The normalized spacial score (nSPS) is 15.6. The van der Waals surface area contributed by atoms with Crippen LogP contribution in [0.1, 0.15) is 18.4 Å². The number of hydrogen-bond donors (Lipinski definition) is 1. The molecule has 0 aromatic heterocycles. The summed E-state index contributed by atoms with van der Waals surface area (Å²) in [6, 6.07) is 8.38. The third-order valence-electron chi connectivity index (χ3n) is 3.64. The van der Waals surface area contributed by atoms with Crippen molar-refractivity contribution >= 4 is 41.7 Å². The zero-order valence-electron chi connectivity index (χ0n) is 12.2. The van der Waals surface area contributed by atoms with Crippen molar-refractivity contribution in [1.82, 2.24) is 10.2 Å². The fraction of sp³-hybridized carbons (Fsp3) is 0.533. The maximum atomic E-state index is 12.1. The van der Waals surface area contributed by atoms with Crippen LogP contribution in [0.25, 0.3) is 0 Å². The van der Waals surface area contributed by atoms with Crippen LogP contribution in [0.4, 0.5) is 0 Å². The minimum Gasteiger partial charge on any atom is -0.342 e. The van der Waals surface area contributed by atoms with Gasteiger partial charge in [-0.25, -0.2) is 0 Å². The molecule has 0 bridgehead atoms. The molecule has 1 N–H and O–H groups in total. The lowest BCUT2D eigenvalue weighted by Crippen LogP contribution is -2.44. The SMILES string of the molecule is CNC1CCN(C(=O)CSCc2cccc(Cl)c2)CC1.Cl. The number of nitrogens with one attached hydrogen (secondary N) is 1. The Morgan fingerprint density at radius 3 is 2.76 bits per heavy atom. The Hall–Kier alpha value is -0.420. The lowest BCUT2D eigenvalue weighted by molar-refractivity contribution is -0.129. The molecule has 118 valence electrons. The summed E-state index contributed by atoms with van der Waals surface area (Å²) >= 11 is 7.60. The van der Waals surface area contributed by atoms with Gasteiger partial charge in [-0.1, -0.05) is 23.7 Å². The Labute approximate surface area is 142 Å². The first-order valence-electron chi connectivity index (χ1n) is 6.96. The van der Waals surface area contributed by atoms with Gasteiger partial charge in [0.15, 0.2) is 0 Å². The fourth-order valence-corrected chi connectivity index (χ4v) is 3.48. The van der Waals surface area contributed by atoms with Gasteiger partial charge >= 0.3 is 0 Å². The Morgan fingerprint density at radius 1 is 1.43 bits per heavy atom. The second kappa shape index (κ2) is 9.57. The molecule has 0 aliphatic carbocycles. The maximum Gasteiger partial charge on any atom is 0.232 e. The van der Waals surface area contributed by atoms with Crippen molar-refractivity contribution in [1.29, 1.82) is 0 Å². The highest BCUT2D eigenvalue weighted by molar-refractivity contribution is 7.99.